The number of amides is 3. The number of nitrogens with two attached hydrogens (primary N) is 1. The minimum atomic E-state index is -0.929. The molecule has 0 fully saturated rings. The summed E-state index contributed by atoms with van der Waals surface area (Å²) < 4.78 is 24.3. The fourth-order valence-electron chi connectivity index (χ4n) is 7.28. The van der Waals surface area contributed by atoms with Gasteiger partial charge in [0, 0.05) is 42.8 Å². The first-order chi connectivity index (χ1) is 33.5. The van der Waals surface area contributed by atoms with Crippen molar-refractivity contribution in [3.05, 3.63) is 120 Å². The van der Waals surface area contributed by atoms with Crippen molar-refractivity contribution < 1.29 is 43.2 Å². The number of hydrogen-bond donors (Lipinski definition) is 5. The molecule has 5 aromatic rings. The molecule has 70 heavy (non-hydrogen) atoms. The van der Waals surface area contributed by atoms with Gasteiger partial charge in [0.25, 0.3) is 5.91 Å². The Bertz CT molecular complexity index is 2370. The number of nitrogens with one attached hydrogen (secondary N) is 3. The van der Waals surface area contributed by atoms with Gasteiger partial charge in [-0.05, 0) is 127 Å². The molecule has 0 saturated heterocycles. The number of hydrogen-bond acceptors (Lipinski definition) is 11. The summed E-state index contributed by atoms with van der Waals surface area (Å²) in [5.41, 5.74) is 9.52. The second-order valence-corrected chi connectivity index (χ2v) is 18.8. The van der Waals surface area contributed by atoms with Crippen molar-refractivity contribution >= 4 is 29.5 Å². The first kappa shape index (κ1) is 53.9. The second kappa shape index (κ2) is 27.3. The number of ether oxygens (including phenoxy) is 4. The largest absolute Gasteiger partial charge is 0.493 e. The highest BCUT2D eigenvalue weighted by atomic mass is 16.5. The summed E-state index contributed by atoms with van der Waals surface area (Å²) in [6, 6.07) is 31.9. The second-order valence-electron chi connectivity index (χ2n) is 18.8. The van der Waals surface area contributed by atoms with Crippen molar-refractivity contribution in [1.29, 1.82) is 0 Å². The van der Waals surface area contributed by atoms with E-state index in [-0.39, 0.29) is 55.7 Å². The lowest BCUT2D eigenvalue weighted by Gasteiger charge is -2.32. The predicted octanol–water partition coefficient (Wildman–Crippen LogP) is 8.99. The molecule has 2 heterocycles. The molecule has 2 aromatic heterocycles. The van der Waals surface area contributed by atoms with Crippen LogP contribution < -0.4 is 35.9 Å². The smallest absolute Gasteiger partial charge is 0.303 e. The van der Waals surface area contributed by atoms with Gasteiger partial charge in [-0.2, -0.15) is 0 Å². The molecule has 1 atom stereocenters. The Balaban J connectivity index is 1.04. The summed E-state index contributed by atoms with van der Waals surface area (Å²) in [6.07, 6.45) is 6.00. The van der Waals surface area contributed by atoms with Crippen LogP contribution >= 0.6 is 0 Å². The molecule has 0 saturated carbocycles. The fourth-order valence-corrected chi connectivity index (χ4v) is 7.28. The van der Waals surface area contributed by atoms with E-state index in [1.165, 1.54) is 12.3 Å². The van der Waals surface area contributed by atoms with Gasteiger partial charge in [0.2, 0.25) is 17.7 Å². The predicted molar refractivity (Wildman–Crippen MR) is 272 cm³/mol. The van der Waals surface area contributed by atoms with Crippen molar-refractivity contribution in [3.63, 3.8) is 0 Å². The summed E-state index contributed by atoms with van der Waals surface area (Å²) >= 11 is 0. The number of aromatic nitrogens is 2. The number of benzene rings is 3. The molecule has 374 valence electrons. The van der Waals surface area contributed by atoms with Crippen LogP contribution in [-0.2, 0) is 25.5 Å². The maximum absolute atomic E-state index is 13.5. The van der Waals surface area contributed by atoms with Crippen LogP contribution in [0.3, 0.4) is 0 Å². The number of nitrogen functional groups attached to an aromatic ring is 1. The van der Waals surface area contributed by atoms with Crippen LogP contribution in [0, 0.1) is 0 Å². The molecule has 0 bridgehead atoms. The van der Waals surface area contributed by atoms with Gasteiger partial charge >= 0.3 is 5.97 Å². The van der Waals surface area contributed by atoms with E-state index in [4.69, 9.17) is 29.7 Å². The van der Waals surface area contributed by atoms with E-state index in [2.05, 4.69) is 39.1 Å². The van der Waals surface area contributed by atoms with Gasteiger partial charge in [-0.15, -0.1) is 0 Å². The Morgan fingerprint density at radius 2 is 1.36 bits per heavy atom. The summed E-state index contributed by atoms with van der Waals surface area (Å²) in [6.45, 7) is 11.4. The first-order valence-corrected chi connectivity index (χ1v) is 24.2. The molecule has 0 spiro atoms. The summed E-state index contributed by atoms with van der Waals surface area (Å²) in [5, 5.41) is 18.3. The van der Waals surface area contributed by atoms with E-state index < -0.39 is 29.1 Å². The summed E-state index contributed by atoms with van der Waals surface area (Å²) in [5.74, 6) is 0.0662. The van der Waals surface area contributed by atoms with Crippen molar-refractivity contribution in [2.75, 3.05) is 38.7 Å². The topological polar surface area (TPSA) is 213 Å². The van der Waals surface area contributed by atoms with Crippen LogP contribution in [0.1, 0.15) is 108 Å². The van der Waals surface area contributed by atoms with Crippen LogP contribution in [0.15, 0.2) is 109 Å². The number of carboxylic acids is 1. The van der Waals surface area contributed by atoms with E-state index in [1.54, 1.807) is 12.1 Å². The molecule has 3 aromatic carbocycles. The maximum Gasteiger partial charge on any atom is 0.303 e. The molecule has 6 N–H and O–H groups in total. The molecular formula is C55H70N6O9. The van der Waals surface area contributed by atoms with Gasteiger partial charge in [0.15, 0.2) is 0 Å². The van der Waals surface area contributed by atoms with E-state index in [0.29, 0.717) is 68.4 Å². The number of nitrogens with zero attached hydrogens (tertiary/aromatic N) is 2. The van der Waals surface area contributed by atoms with Gasteiger partial charge in [0.05, 0.1) is 48.8 Å². The van der Waals surface area contributed by atoms with Crippen molar-refractivity contribution in [3.8, 4) is 39.8 Å². The highest BCUT2D eigenvalue weighted by Crippen LogP contribution is 2.31. The third-order valence-corrected chi connectivity index (χ3v) is 11.0. The number of carboxylic acid groups (broad SMARTS) is 1. The molecule has 15 nitrogen and oxygen atoms in total. The fraction of sp³-hybridized carbons (Fsp3) is 0.418. The number of carbonyl (C=O) groups is 4. The maximum atomic E-state index is 13.5. The number of rotatable bonds is 29. The third kappa shape index (κ3) is 19.2. The Labute approximate surface area is 412 Å². The minimum absolute atomic E-state index is 0.0930. The number of unbranched alkanes of at least 4 members (excludes halogenated alkanes) is 3. The van der Waals surface area contributed by atoms with E-state index >= 15 is 0 Å². The molecule has 5 rings (SSSR count). The van der Waals surface area contributed by atoms with Crippen molar-refractivity contribution in [2.24, 2.45) is 0 Å². The molecule has 0 aliphatic rings. The molecule has 0 aliphatic heterocycles. The molecular weight excluding hydrogens is 889 g/mol. The Kier molecular flexibility index (Phi) is 21.0. The van der Waals surface area contributed by atoms with E-state index in [9.17, 15) is 24.3 Å². The van der Waals surface area contributed by atoms with Crippen molar-refractivity contribution in [1.82, 2.24) is 25.9 Å². The van der Waals surface area contributed by atoms with Gasteiger partial charge in [-0.1, -0.05) is 66.7 Å². The normalized spacial score (nSPS) is 11.8. The number of aliphatic carboxylic acids is 1. The first-order valence-electron chi connectivity index (χ1n) is 24.2. The van der Waals surface area contributed by atoms with Gasteiger partial charge in [-0.3, -0.25) is 19.2 Å². The van der Waals surface area contributed by atoms with Crippen LogP contribution in [0.4, 0.5) is 5.82 Å². The molecule has 3 amide bonds. The number of carbonyl (C=O) groups excluding carboxylic acids is 3. The monoisotopic (exact) mass is 959 g/mol. The van der Waals surface area contributed by atoms with Crippen LogP contribution in [-0.4, -0.2) is 88.9 Å². The zero-order valence-electron chi connectivity index (χ0n) is 41.3. The van der Waals surface area contributed by atoms with Gasteiger partial charge < -0.3 is 45.7 Å². The Morgan fingerprint density at radius 3 is 2.00 bits per heavy atom. The average molecular weight is 959 g/mol. The van der Waals surface area contributed by atoms with E-state index in [0.717, 1.165) is 41.6 Å². The SMILES string of the molecule is CC(C)(COC(C)(C)C)NC(=O)C(CCCCNC(=O)CCCOc1cccc(OCCCCCOc2cc(-c3ccccc3)cc(-c3ccccc3)n2)c1CCC(=O)O)NC(=O)c1ccc(N)nc1. The van der Waals surface area contributed by atoms with E-state index in [1.807, 2.05) is 101 Å². The zero-order valence-corrected chi connectivity index (χ0v) is 41.3. The molecule has 15 heteroatoms. The Hall–Kier alpha value is -7.00. The average Bonchev–Trinajstić information content (AvgIpc) is 3.33. The standard InChI is InChI=1S/C55H70N6O9/c1-54(2,3)70-38-55(4,5)61-53(66)44(60-52(65)41-27-29-48(56)58-37-41)23-13-14-31-57-49(62)26-18-34-68-47-25-17-24-46(43(47)28-30-51(63)64)67-32-15-8-16-33-69-50-36-42(39-19-9-6-10-20-39)35-45(59-50)40-21-11-7-12-22-40/h6-7,9-12,17,19-22,24-25,27,29,35-37,44H,8,13-16,18,23,26,28,30-34,38H2,1-5H3,(H2,56,58)(H,57,62)(H,60,65)(H,61,66)(H,63,64). The third-order valence-electron chi connectivity index (χ3n) is 11.0. The highest BCUT2D eigenvalue weighted by Gasteiger charge is 2.29. The van der Waals surface area contributed by atoms with Gasteiger partial charge in [0.1, 0.15) is 23.4 Å². The quantitative estimate of drug-likeness (QED) is 0.0284. The lowest BCUT2D eigenvalue weighted by molar-refractivity contribution is -0.137. The summed E-state index contributed by atoms with van der Waals surface area (Å²) in [7, 11) is 0. The van der Waals surface area contributed by atoms with Crippen LogP contribution in [0.5, 0.6) is 17.4 Å². The number of anilines is 1. The lowest BCUT2D eigenvalue weighted by Crippen LogP contribution is -2.55. The van der Waals surface area contributed by atoms with Crippen LogP contribution in [0.2, 0.25) is 0 Å². The van der Waals surface area contributed by atoms with Gasteiger partial charge in [-0.25, -0.2) is 9.97 Å². The van der Waals surface area contributed by atoms with Crippen molar-refractivity contribution in [2.45, 2.75) is 116 Å². The minimum Gasteiger partial charge on any atom is -0.493 e. The zero-order chi connectivity index (χ0) is 50.4. The molecule has 0 aliphatic carbocycles. The molecule has 1 unspecified atom stereocenters. The Morgan fingerprint density at radius 1 is 0.700 bits per heavy atom. The molecule has 0 radical (unpaired) electrons. The summed E-state index contributed by atoms with van der Waals surface area (Å²) in [4.78, 5) is 59.7. The van der Waals surface area contributed by atoms with Crippen LogP contribution in [0.25, 0.3) is 22.4 Å². The number of pyridine rings is 2. The highest BCUT2D eigenvalue weighted by molar-refractivity contribution is 5.97. The lowest BCUT2D eigenvalue weighted by atomic mass is 10.0.